The third kappa shape index (κ3) is 12.9. The van der Waals surface area contributed by atoms with Crippen LogP contribution in [0.3, 0.4) is 0 Å². The van der Waals surface area contributed by atoms with Gasteiger partial charge in [0.25, 0.3) is 0 Å². The number of thioether (sulfide) groups is 1. The van der Waals surface area contributed by atoms with Gasteiger partial charge in [0.1, 0.15) is 0 Å². The SMILES string of the molecule is CC.CC.CSc1ccccc1.c1ccccc1. The Bertz CT molecular complexity index is 289. The standard InChI is InChI=1S/C7H8S.C6H6.2C2H6/c1-8-7-5-3-2-4-6-7;1-2-4-6-5-3-1;2*1-2/h2-6H,1H3;1-6H;2*1-2H3. The fraction of sp³-hybridized carbons (Fsp3) is 0.294. The summed E-state index contributed by atoms with van der Waals surface area (Å²) in [6.07, 6.45) is 2.08. The van der Waals surface area contributed by atoms with E-state index in [2.05, 4.69) is 18.4 Å². The molecule has 0 fully saturated rings. The fourth-order valence-corrected chi connectivity index (χ4v) is 1.37. The molecule has 0 radical (unpaired) electrons. The summed E-state index contributed by atoms with van der Waals surface area (Å²) in [7, 11) is 0. The van der Waals surface area contributed by atoms with Crippen LogP contribution in [0.2, 0.25) is 0 Å². The molecule has 0 aliphatic rings. The maximum atomic E-state index is 2.10. The molecule has 0 unspecified atom stereocenters. The molecule has 2 aromatic rings. The second-order valence-electron chi connectivity index (χ2n) is 2.67. The van der Waals surface area contributed by atoms with Gasteiger partial charge in [0.2, 0.25) is 0 Å². The maximum Gasteiger partial charge on any atom is 0.00691 e. The van der Waals surface area contributed by atoms with Crippen LogP contribution < -0.4 is 0 Å². The minimum Gasteiger partial charge on any atom is -0.130 e. The first kappa shape index (κ1) is 19.1. The van der Waals surface area contributed by atoms with Gasteiger partial charge in [-0.25, -0.2) is 0 Å². The van der Waals surface area contributed by atoms with E-state index in [9.17, 15) is 0 Å². The van der Waals surface area contributed by atoms with Crippen molar-refractivity contribution in [2.24, 2.45) is 0 Å². The van der Waals surface area contributed by atoms with Crippen LogP contribution in [0.1, 0.15) is 27.7 Å². The molecule has 0 aliphatic carbocycles. The Balaban J connectivity index is 0. The van der Waals surface area contributed by atoms with Gasteiger partial charge in [-0.1, -0.05) is 82.3 Å². The normalized spacial score (nSPS) is 7.39. The molecule has 18 heavy (non-hydrogen) atoms. The summed E-state index contributed by atoms with van der Waals surface area (Å²) in [5.41, 5.74) is 0. The molecule has 0 saturated carbocycles. The van der Waals surface area contributed by atoms with Crippen LogP contribution in [-0.4, -0.2) is 6.26 Å². The minimum atomic E-state index is 1.33. The molecule has 1 heteroatoms. The van der Waals surface area contributed by atoms with E-state index in [-0.39, 0.29) is 0 Å². The molecule has 0 spiro atoms. The van der Waals surface area contributed by atoms with Gasteiger partial charge in [0.15, 0.2) is 0 Å². The minimum absolute atomic E-state index is 1.33. The highest BCUT2D eigenvalue weighted by molar-refractivity contribution is 7.98. The number of benzene rings is 2. The van der Waals surface area contributed by atoms with E-state index < -0.39 is 0 Å². The zero-order chi connectivity index (χ0) is 14.1. The Hall–Kier alpha value is -1.21. The zero-order valence-electron chi connectivity index (χ0n) is 12.3. The first-order chi connectivity index (χ1) is 8.93. The van der Waals surface area contributed by atoms with Crippen LogP contribution in [0.15, 0.2) is 71.6 Å². The first-order valence-corrected chi connectivity index (χ1v) is 7.75. The third-order valence-electron chi connectivity index (χ3n) is 1.65. The third-order valence-corrected chi connectivity index (χ3v) is 2.39. The summed E-state index contributed by atoms with van der Waals surface area (Å²) in [4.78, 5) is 1.33. The largest absolute Gasteiger partial charge is 0.130 e. The number of hydrogen-bond acceptors (Lipinski definition) is 1. The predicted molar refractivity (Wildman–Crippen MR) is 87.4 cm³/mol. The van der Waals surface area contributed by atoms with Crippen LogP contribution in [0.4, 0.5) is 0 Å². The van der Waals surface area contributed by atoms with E-state index in [0.717, 1.165) is 0 Å². The monoisotopic (exact) mass is 262 g/mol. The highest BCUT2D eigenvalue weighted by Gasteiger charge is 1.80. The van der Waals surface area contributed by atoms with Crippen molar-refractivity contribution < 1.29 is 0 Å². The Morgan fingerprint density at radius 2 is 0.833 bits per heavy atom. The molecule has 0 nitrogen and oxygen atoms in total. The van der Waals surface area contributed by atoms with Crippen molar-refractivity contribution >= 4 is 11.8 Å². The van der Waals surface area contributed by atoms with Crippen molar-refractivity contribution in [3.8, 4) is 0 Å². The molecule has 0 amide bonds. The first-order valence-electron chi connectivity index (χ1n) is 6.52. The van der Waals surface area contributed by atoms with Gasteiger partial charge in [0, 0.05) is 4.90 Å². The molecule has 0 N–H and O–H groups in total. The van der Waals surface area contributed by atoms with Crippen molar-refractivity contribution in [2.45, 2.75) is 32.6 Å². The second kappa shape index (κ2) is 18.2. The average molecular weight is 262 g/mol. The number of hydrogen-bond donors (Lipinski definition) is 0. The highest BCUT2D eigenvalue weighted by Crippen LogP contribution is 2.11. The van der Waals surface area contributed by atoms with Crippen molar-refractivity contribution in [3.05, 3.63) is 66.7 Å². The van der Waals surface area contributed by atoms with Gasteiger partial charge in [-0.15, -0.1) is 11.8 Å². The van der Waals surface area contributed by atoms with E-state index in [0.29, 0.717) is 0 Å². The smallest absolute Gasteiger partial charge is 0.00691 e. The summed E-state index contributed by atoms with van der Waals surface area (Å²) in [5.74, 6) is 0. The summed E-state index contributed by atoms with van der Waals surface area (Å²) in [5, 5.41) is 0. The fourth-order valence-electron chi connectivity index (χ4n) is 0.941. The van der Waals surface area contributed by atoms with E-state index in [1.807, 2.05) is 82.3 Å². The molecule has 0 bridgehead atoms. The van der Waals surface area contributed by atoms with Crippen LogP contribution in [-0.2, 0) is 0 Å². The molecular formula is C17H26S. The maximum absolute atomic E-state index is 2.10. The topological polar surface area (TPSA) is 0 Å². The van der Waals surface area contributed by atoms with Crippen LogP contribution in [0, 0.1) is 0 Å². The lowest BCUT2D eigenvalue weighted by molar-refractivity contribution is 1.47. The van der Waals surface area contributed by atoms with Crippen molar-refractivity contribution in [1.82, 2.24) is 0 Å². The Morgan fingerprint density at radius 3 is 1.06 bits per heavy atom. The van der Waals surface area contributed by atoms with Crippen molar-refractivity contribution in [3.63, 3.8) is 0 Å². The molecule has 0 aromatic heterocycles. The molecule has 0 saturated heterocycles. The predicted octanol–water partition coefficient (Wildman–Crippen LogP) is 6.15. The molecule has 0 heterocycles. The van der Waals surface area contributed by atoms with Crippen molar-refractivity contribution in [1.29, 1.82) is 0 Å². The van der Waals surface area contributed by atoms with E-state index in [4.69, 9.17) is 0 Å². The van der Waals surface area contributed by atoms with Crippen molar-refractivity contribution in [2.75, 3.05) is 6.26 Å². The zero-order valence-corrected chi connectivity index (χ0v) is 13.1. The lowest BCUT2D eigenvalue weighted by Gasteiger charge is -1.89. The lowest BCUT2D eigenvalue weighted by atomic mass is 10.4. The number of rotatable bonds is 1. The van der Waals surface area contributed by atoms with Crippen LogP contribution in [0.25, 0.3) is 0 Å². The summed E-state index contributed by atoms with van der Waals surface area (Å²) < 4.78 is 0. The molecule has 0 aliphatic heterocycles. The Labute approximate surface area is 117 Å². The van der Waals surface area contributed by atoms with E-state index in [1.54, 1.807) is 11.8 Å². The van der Waals surface area contributed by atoms with Gasteiger partial charge in [0.05, 0.1) is 0 Å². The summed E-state index contributed by atoms with van der Waals surface area (Å²) in [6, 6.07) is 22.3. The second-order valence-corrected chi connectivity index (χ2v) is 3.55. The lowest BCUT2D eigenvalue weighted by Crippen LogP contribution is -1.62. The van der Waals surface area contributed by atoms with E-state index >= 15 is 0 Å². The Morgan fingerprint density at radius 1 is 0.556 bits per heavy atom. The summed E-state index contributed by atoms with van der Waals surface area (Å²) in [6.45, 7) is 8.00. The summed E-state index contributed by atoms with van der Waals surface area (Å²) >= 11 is 1.77. The molecular weight excluding hydrogens is 236 g/mol. The van der Waals surface area contributed by atoms with E-state index in [1.165, 1.54) is 4.90 Å². The van der Waals surface area contributed by atoms with Gasteiger partial charge in [-0.3, -0.25) is 0 Å². The van der Waals surface area contributed by atoms with Gasteiger partial charge < -0.3 is 0 Å². The molecule has 2 aromatic carbocycles. The molecule has 2 rings (SSSR count). The van der Waals surface area contributed by atoms with Gasteiger partial charge in [-0.2, -0.15) is 0 Å². The van der Waals surface area contributed by atoms with Gasteiger partial charge >= 0.3 is 0 Å². The quantitative estimate of drug-likeness (QED) is 0.556. The molecule has 0 atom stereocenters. The van der Waals surface area contributed by atoms with Crippen LogP contribution >= 0.6 is 11.8 Å². The Kier molecular flexibility index (Phi) is 19.3. The highest BCUT2D eigenvalue weighted by atomic mass is 32.2. The van der Waals surface area contributed by atoms with Crippen LogP contribution in [0.5, 0.6) is 0 Å². The average Bonchev–Trinajstić information content (AvgIpc) is 2.54. The van der Waals surface area contributed by atoms with Gasteiger partial charge in [-0.05, 0) is 18.4 Å². The molecule has 100 valence electrons.